The molecule has 0 radical (unpaired) electrons. The minimum atomic E-state index is -0.427. The Balaban J connectivity index is 1.62. The monoisotopic (exact) mass is 539 g/mol. The van der Waals surface area contributed by atoms with E-state index in [9.17, 15) is 14.4 Å². The van der Waals surface area contributed by atoms with Crippen molar-refractivity contribution in [3.8, 4) is 34.3 Å². The van der Waals surface area contributed by atoms with Gasteiger partial charge in [-0.25, -0.2) is 9.37 Å². The summed E-state index contributed by atoms with van der Waals surface area (Å²) >= 11 is 18.6. The van der Waals surface area contributed by atoms with E-state index in [0.717, 1.165) is 5.56 Å². The zero-order valence-corrected chi connectivity index (χ0v) is 20.8. The molecule has 1 aromatic heterocycles. The summed E-state index contributed by atoms with van der Waals surface area (Å²) in [5, 5.41) is 13.9. The number of rotatable bonds is 7. The van der Waals surface area contributed by atoms with Gasteiger partial charge in [0.2, 0.25) is 5.88 Å². The normalized spacial score (nSPS) is 10.5. The predicted molar refractivity (Wildman–Crippen MR) is 139 cm³/mol. The lowest BCUT2D eigenvalue weighted by molar-refractivity contribution is 0.0946. The van der Waals surface area contributed by atoms with Gasteiger partial charge in [0.05, 0.1) is 17.3 Å². The maximum absolute atomic E-state index is 13.1. The Kier molecular flexibility index (Phi) is 8.07. The number of pyridine rings is 1. The van der Waals surface area contributed by atoms with Crippen molar-refractivity contribution in [3.63, 3.8) is 0 Å². The van der Waals surface area contributed by atoms with Gasteiger partial charge in [0.15, 0.2) is 0 Å². The van der Waals surface area contributed by atoms with Crippen LogP contribution in [0.4, 0.5) is 4.39 Å². The van der Waals surface area contributed by atoms with Crippen LogP contribution in [0.5, 0.6) is 5.88 Å². The number of hydrogen-bond acceptors (Lipinski definition) is 4. The van der Waals surface area contributed by atoms with E-state index in [1.54, 1.807) is 36.4 Å². The molecule has 36 heavy (non-hydrogen) atoms. The smallest absolute Gasteiger partial charge is 0.251 e. The Morgan fingerprint density at radius 3 is 2.31 bits per heavy atom. The highest BCUT2D eigenvalue weighted by molar-refractivity contribution is 6.36. The second kappa shape index (κ2) is 11.4. The molecule has 0 saturated carbocycles. The maximum Gasteiger partial charge on any atom is 0.251 e. The molecule has 0 fully saturated rings. The number of nitriles is 1. The number of aromatic nitrogens is 1. The second-order valence-corrected chi connectivity index (χ2v) is 8.87. The molecule has 5 nitrogen and oxygen atoms in total. The first-order valence-corrected chi connectivity index (χ1v) is 11.8. The van der Waals surface area contributed by atoms with E-state index in [0.29, 0.717) is 37.5 Å². The number of benzene rings is 3. The summed E-state index contributed by atoms with van der Waals surface area (Å²) in [5.41, 5.74) is 3.05. The number of ether oxygens (including phenoxy) is 1. The molecule has 180 valence electrons. The van der Waals surface area contributed by atoms with Crippen LogP contribution < -0.4 is 10.1 Å². The van der Waals surface area contributed by atoms with Crippen LogP contribution in [0, 0.1) is 17.1 Å². The molecule has 1 N–H and O–H groups in total. The molecule has 0 aliphatic rings. The molecule has 0 aliphatic carbocycles. The van der Waals surface area contributed by atoms with Crippen LogP contribution in [0.3, 0.4) is 0 Å². The Hall–Kier alpha value is -3.63. The van der Waals surface area contributed by atoms with E-state index in [2.05, 4.69) is 16.4 Å². The summed E-state index contributed by atoms with van der Waals surface area (Å²) in [7, 11) is 0. The zero-order chi connectivity index (χ0) is 25.7. The number of amides is 1. The fraction of sp³-hybridized carbons (Fsp3) is 0.0741. The van der Waals surface area contributed by atoms with Crippen molar-refractivity contribution in [2.24, 2.45) is 0 Å². The SMILES string of the molecule is N#Cc1cc(-c2ccc(Cl)cc2)c(-c2ccc(Cl)cc2Cl)nc1OCCNC(=O)c1ccc(F)cc1. The molecule has 0 atom stereocenters. The topological polar surface area (TPSA) is 75.0 Å². The van der Waals surface area contributed by atoms with Gasteiger partial charge in [-0.15, -0.1) is 0 Å². The average Bonchev–Trinajstić information content (AvgIpc) is 2.87. The first-order chi connectivity index (χ1) is 17.4. The van der Waals surface area contributed by atoms with Crippen molar-refractivity contribution in [2.45, 2.75) is 0 Å². The van der Waals surface area contributed by atoms with E-state index < -0.39 is 5.82 Å². The number of carbonyl (C=O) groups is 1. The molecule has 1 amide bonds. The molecule has 0 saturated heterocycles. The van der Waals surface area contributed by atoms with Gasteiger partial charge in [0.1, 0.15) is 24.1 Å². The molecule has 0 spiro atoms. The van der Waals surface area contributed by atoms with Gasteiger partial charge >= 0.3 is 0 Å². The molecule has 9 heteroatoms. The lowest BCUT2D eigenvalue weighted by Crippen LogP contribution is -2.28. The molecule has 0 bridgehead atoms. The van der Waals surface area contributed by atoms with Gasteiger partial charge in [-0.1, -0.05) is 46.9 Å². The number of hydrogen-bond donors (Lipinski definition) is 1. The Morgan fingerprint density at radius 1 is 0.944 bits per heavy atom. The van der Waals surface area contributed by atoms with Gasteiger partial charge in [-0.2, -0.15) is 5.26 Å². The predicted octanol–water partition coefficient (Wildman–Crippen LogP) is 7.20. The van der Waals surface area contributed by atoms with Crippen LogP contribution in [0.15, 0.2) is 72.8 Å². The Labute approximate surface area is 222 Å². The van der Waals surface area contributed by atoms with E-state index in [4.69, 9.17) is 39.5 Å². The van der Waals surface area contributed by atoms with Crippen LogP contribution in [-0.4, -0.2) is 24.0 Å². The summed E-state index contributed by atoms with van der Waals surface area (Å²) in [6.07, 6.45) is 0. The Bertz CT molecular complexity index is 1450. The summed E-state index contributed by atoms with van der Waals surface area (Å²) in [5.74, 6) is -0.713. The van der Waals surface area contributed by atoms with E-state index in [-0.39, 0.29) is 30.5 Å². The standard InChI is InChI=1S/C27H17Cl3FN3O2/c28-19-5-1-16(2-6-19)23-13-18(15-32)27(34-25(23)22-10-7-20(29)14-24(22)30)36-12-11-33-26(35)17-3-8-21(31)9-4-17/h1-10,13-14H,11-12H2,(H,33,35). The molecular weight excluding hydrogens is 524 g/mol. The van der Waals surface area contributed by atoms with Gasteiger partial charge in [-0.05, 0) is 66.2 Å². The number of nitrogens with one attached hydrogen (secondary N) is 1. The largest absolute Gasteiger partial charge is 0.475 e. The lowest BCUT2D eigenvalue weighted by atomic mass is 9.97. The van der Waals surface area contributed by atoms with Crippen molar-refractivity contribution in [1.82, 2.24) is 10.3 Å². The van der Waals surface area contributed by atoms with Crippen molar-refractivity contribution in [1.29, 1.82) is 5.26 Å². The molecule has 4 aromatic rings. The summed E-state index contributed by atoms with van der Waals surface area (Å²) in [4.78, 5) is 16.9. The maximum atomic E-state index is 13.1. The fourth-order valence-electron chi connectivity index (χ4n) is 3.44. The van der Waals surface area contributed by atoms with Crippen LogP contribution >= 0.6 is 34.8 Å². The molecule has 0 unspecified atom stereocenters. The summed E-state index contributed by atoms with van der Waals surface area (Å²) in [6, 6.07) is 21.1. The number of nitrogens with zero attached hydrogens (tertiary/aromatic N) is 2. The minimum absolute atomic E-state index is 0.0443. The van der Waals surface area contributed by atoms with Crippen molar-refractivity contribution in [3.05, 3.63) is 105 Å². The van der Waals surface area contributed by atoms with Crippen LogP contribution in [0.2, 0.25) is 15.1 Å². The van der Waals surface area contributed by atoms with E-state index in [1.165, 1.54) is 24.3 Å². The summed E-state index contributed by atoms with van der Waals surface area (Å²) < 4.78 is 18.8. The highest BCUT2D eigenvalue weighted by atomic mass is 35.5. The number of halogens is 4. The van der Waals surface area contributed by atoms with Gasteiger partial charge < -0.3 is 10.1 Å². The zero-order valence-electron chi connectivity index (χ0n) is 18.6. The average molecular weight is 541 g/mol. The third-order valence-electron chi connectivity index (χ3n) is 5.18. The highest BCUT2D eigenvalue weighted by Gasteiger charge is 2.18. The third kappa shape index (κ3) is 5.95. The van der Waals surface area contributed by atoms with Crippen molar-refractivity contribution >= 4 is 40.7 Å². The minimum Gasteiger partial charge on any atom is -0.475 e. The first-order valence-electron chi connectivity index (χ1n) is 10.7. The molecule has 3 aromatic carbocycles. The highest BCUT2D eigenvalue weighted by Crippen LogP contribution is 2.38. The molecular formula is C27H17Cl3FN3O2. The van der Waals surface area contributed by atoms with Gasteiger partial charge in [-0.3, -0.25) is 4.79 Å². The third-order valence-corrected chi connectivity index (χ3v) is 5.98. The summed E-state index contributed by atoms with van der Waals surface area (Å²) in [6.45, 7) is 0.182. The van der Waals surface area contributed by atoms with Gasteiger partial charge in [0, 0.05) is 26.7 Å². The lowest BCUT2D eigenvalue weighted by Gasteiger charge is -2.15. The van der Waals surface area contributed by atoms with Crippen LogP contribution in [0.25, 0.3) is 22.4 Å². The van der Waals surface area contributed by atoms with Crippen molar-refractivity contribution in [2.75, 3.05) is 13.2 Å². The molecule has 0 aliphatic heterocycles. The van der Waals surface area contributed by atoms with Crippen LogP contribution in [0.1, 0.15) is 15.9 Å². The van der Waals surface area contributed by atoms with Crippen molar-refractivity contribution < 1.29 is 13.9 Å². The van der Waals surface area contributed by atoms with Crippen LogP contribution in [-0.2, 0) is 0 Å². The molecule has 4 rings (SSSR count). The van der Waals surface area contributed by atoms with Gasteiger partial charge in [0.25, 0.3) is 5.91 Å². The second-order valence-electron chi connectivity index (χ2n) is 7.59. The fourth-order valence-corrected chi connectivity index (χ4v) is 4.06. The quantitative estimate of drug-likeness (QED) is 0.252. The number of carbonyl (C=O) groups excluding carboxylic acids is 1. The van der Waals surface area contributed by atoms with E-state index in [1.807, 2.05) is 12.1 Å². The van der Waals surface area contributed by atoms with E-state index >= 15 is 0 Å². The first kappa shape index (κ1) is 25.5. The molecule has 1 heterocycles. The Morgan fingerprint density at radius 2 is 1.64 bits per heavy atom.